The van der Waals surface area contributed by atoms with E-state index in [2.05, 4.69) is 10.3 Å². The van der Waals surface area contributed by atoms with Crippen LogP contribution in [0.1, 0.15) is 5.69 Å². The molecule has 0 spiro atoms. The molecule has 2 aromatic rings. The number of rotatable bonds is 2. The summed E-state index contributed by atoms with van der Waals surface area (Å²) in [5, 5.41) is 7.94. The Kier molecular flexibility index (Phi) is 2.50. The molecule has 1 aromatic carbocycles. The van der Waals surface area contributed by atoms with E-state index in [9.17, 15) is 0 Å². The summed E-state index contributed by atoms with van der Waals surface area (Å²) in [6, 6.07) is 10.00. The van der Waals surface area contributed by atoms with Gasteiger partial charge in [-0.1, -0.05) is 35.5 Å². The van der Waals surface area contributed by atoms with Crippen LogP contribution in [0.5, 0.6) is 0 Å². The molecule has 0 unspecified atom stereocenters. The van der Waals surface area contributed by atoms with Gasteiger partial charge in [0.25, 0.3) is 0 Å². The highest BCUT2D eigenvalue weighted by atomic mass is 35.5. The SMILES string of the molecule is Cn1nnc(CCl)c1-c1ccccc1. The first-order chi connectivity index (χ1) is 6.83. The molecule has 14 heavy (non-hydrogen) atoms. The van der Waals surface area contributed by atoms with Gasteiger partial charge in [-0.15, -0.1) is 16.7 Å². The summed E-state index contributed by atoms with van der Waals surface area (Å²) in [6.07, 6.45) is 0. The van der Waals surface area contributed by atoms with E-state index in [0.29, 0.717) is 5.88 Å². The number of hydrogen-bond donors (Lipinski definition) is 0. The van der Waals surface area contributed by atoms with E-state index in [4.69, 9.17) is 11.6 Å². The fourth-order valence-electron chi connectivity index (χ4n) is 1.44. The number of halogens is 1. The van der Waals surface area contributed by atoms with Crippen LogP contribution in [-0.4, -0.2) is 15.0 Å². The lowest BCUT2D eigenvalue weighted by Gasteiger charge is -2.01. The Morgan fingerprint density at radius 2 is 2.00 bits per heavy atom. The fraction of sp³-hybridized carbons (Fsp3) is 0.200. The molecule has 1 heterocycles. The summed E-state index contributed by atoms with van der Waals surface area (Å²) >= 11 is 5.78. The zero-order chi connectivity index (χ0) is 9.97. The Morgan fingerprint density at radius 3 is 2.64 bits per heavy atom. The third-order valence-corrected chi connectivity index (χ3v) is 2.32. The molecule has 72 valence electrons. The monoisotopic (exact) mass is 207 g/mol. The molecule has 2 rings (SSSR count). The van der Waals surface area contributed by atoms with Gasteiger partial charge in [0.15, 0.2) is 0 Å². The maximum atomic E-state index is 5.78. The molecule has 0 bridgehead atoms. The molecule has 0 fully saturated rings. The highest BCUT2D eigenvalue weighted by Crippen LogP contribution is 2.21. The highest BCUT2D eigenvalue weighted by molar-refractivity contribution is 6.17. The minimum atomic E-state index is 0.387. The van der Waals surface area contributed by atoms with Crippen molar-refractivity contribution < 1.29 is 0 Å². The molecule has 0 aliphatic rings. The molecule has 1 aromatic heterocycles. The van der Waals surface area contributed by atoms with Crippen LogP contribution < -0.4 is 0 Å². The average molecular weight is 208 g/mol. The van der Waals surface area contributed by atoms with Gasteiger partial charge in [0.05, 0.1) is 11.6 Å². The predicted octanol–water partition coefficient (Wildman–Crippen LogP) is 2.22. The molecule has 0 N–H and O–H groups in total. The standard InChI is InChI=1S/C10H10ClN3/c1-14-10(9(7-11)12-13-14)8-5-3-2-4-6-8/h2-6H,7H2,1H3. The number of nitrogens with zero attached hydrogens (tertiary/aromatic N) is 3. The summed E-state index contributed by atoms with van der Waals surface area (Å²) in [5.74, 6) is 0.387. The zero-order valence-electron chi connectivity index (χ0n) is 7.81. The van der Waals surface area contributed by atoms with Crippen molar-refractivity contribution in [1.29, 1.82) is 0 Å². The lowest BCUT2D eigenvalue weighted by molar-refractivity contribution is 0.719. The predicted molar refractivity (Wildman–Crippen MR) is 56.0 cm³/mol. The first-order valence-electron chi connectivity index (χ1n) is 4.33. The number of aromatic nitrogens is 3. The topological polar surface area (TPSA) is 30.7 Å². The lowest BCUT2D eigenvalue weighted by Crippen LogP contribution is -1.94. The van der Waals surface area contributed by atoms with Crippen molar-refractivity contribution in [2.75, 3.05) is 0 Å². The number of benzene rings is 1. The largest absolute Gasteiger partial charge is 0.247 e. The molecule has 0 aliphatic heterocycles. The maximum absolute atomic E-state index is 5.78. The van der Waals surface area contributed by atoms with Crippen LogP contribution in [0.4, 0.5) is 0 Å². The quantitative estimate of drug-likeness (QED) is 0.707. The lowest BCUT2D eigenvalue weighted by atomic mass is 10.1. The molecule has 4 heteroatoms. The second-order valence-corrected chi connectivity index (χ2v) is 3.28. The third-order valence-electron chi connectivity index (χ3n) is 2.07. The number of hydrogen-bond acceptors (Lipinski definition) is 2. The maximum Gasteiger partial charge on any atom is 0.105 e. The summed E-state index contributed by atoms with van der Waals surface area (Å²) in [6.45, 7) is 0. The van der Waals surface area contributed by atoms with Gasteiger partial charge in [0, 0.05) is 12.6 Å². The van der Waals surface area contributed by atoms with E-state index in [1.807, 2.05) is 37.4 Å². The Morgan fingerprint density at radius 1 is 1.29 bits per heavy atom. The molecule has 0 atom stereocenters. The minimum absolute atomic E-state index is 0.387. The van der Waals surface area contributed by atoms with Crippen molar-refractivity contribution in [3.05, 3.63) is 36.0 Å². The van der Waals surface area contributed by atoms with E-state index < -0.39 is 0 Å². The average Bonchev–Trinajstić information content (AvgIpc) is 2.61. The fourth-order valence-corrected chi connectivity index (χ4v) is 1.62. The van der Waals surface area contributed by atoms with Crippen LogP contribution in [0.3, 0.4) is 0 Å². The van der Waals surface area contributed by atoms with E-state index >= 15 is 0 Å². The molecular weight excluding hydrogens is 198 g/mol. The Balaban J connectivity index is 2.55. The van der Waals surface area contributed by atoms with Crippen LogP contribution in [-0.2, 0) is 12.9 Å². The van der Waals surface area contributed by atoms with Gasteiger partial charge in [0.1, 0.15) is 5.69 Å². The summed E-state index contributed by atoms with van der Waals surface area (Å²) in [7, 11) is 1.87. The van der Waals surface area contributed by atoms with E-state index in [0.717, 1.165) is 17.0 Å². The molecule has 0 saturated carbocycles. The van der Waals surface area contributed by atoms with Gasteiger partial charge in [-0.05, 0) is 0 Å². The van der Waals surface area contributed by atoms with Crippen molar-refractivity contribution in [3.63, 3.8) is 0 Å². The molecule has 0 radical (unpaired) electrons. The van der Waals surface area contributed by atoms with Crippen molar-refractivity contribution in [3.8, 4) is 11.3 Å². The molecule has 3 nitrogen and oxygen atoms in total. The van der Waals surface area contributed by atoms with Gasteiger partial charge in [-0.2, -0.15) is 0 Å². The summed E-state index contributed by atoms with van der Waals surface area (Å²) in [4.78, 5) is 0. The van der Waals surface area contributed by atoms with Gasteiger partial charge >= 0.3 is 0 Å². The number of aryl methyl sites for hydroxylation is 1. The Bertz CT molecular complexity index is 422. The van der Waals surface area contributed by atoms with E-state index in [-0.39, 0.29) is 0 Å². The molecule has 0 aliphatic carbocycles. The van der Waals surface area contributed by atoms with Crippen LogP contribution >= 0.6 is 11.6 Å². The van der Waals surface area contributed by atoms with Crippen LogP contribution in [0, 0.1) is 0 Å². The minimum Gasteiger partial charge on any atom is -0.247 e. The molecule has 0 amide bonds. The van der Waals surface area contributed by atoms with Crippen LogP contribution in [0.25, 0.3) is 11.3 Å². The summed E-state index contributed by atoms with van der Waals surface area (Å²) < 4.78 is 1.74. The second kappa shape index (κ2) is 3.80. The van der Waals surface area contributed by atoms with Crippen molar-refractivity contribution in [2.45, 2.75) is 5.88 Å². The van der Waals surface area contributed by atoms with Crippen molar-refractivity contribution >= 4 is 11.6 Å². The zero-order valence-corrected chi connectivity index (χ0v) is 8.57. The van der Waals surface area contributed by atoms with Gasteiger partial charge in [-0.3, -0.25) is 0 Å². The van der Waals surface area contributed by atoms with Gasteiger partial charge in [0.2, 0.25) is 0 Å². The first kappa shape index (κ1) is 9.21. The van der Waals surface area contributed by atoms with E-state index in [1.165, 1.54) is 0 Å². The molecular formula is C10H10ClN3. The van der Waals surface area contributed by atoms with Gasteiger partial charge in [-0.25, -0.2) is 4.68 Å². The number of alkyl halides is 1. The third kappa shape index (κ3) is 1.51. The van der Waals surface area contributed by atoms with Crippen molar-refractivity contribution in [2.24, 2.45) is 7.05 Å². The van der Waals surface area contributed by atoms with Crippen LogP contribution in [0.15, 0.2) is 30.3 Å². The van der Waals surface area contributed by atoms with E-state index in [1.54, 1.807) is 4.68 Å². The second-order valence-electron chi connectivity index (χ2n) is 3.01. The highest BCUT2D eigenvalue weighted by Gasteiger charge is 2.10. The van der Waals surface area contributed by atoms with Crippen LogP contribution in [0.2, 0.25) is 0 Å². The normalized spacial score (nSPS) is 10.4. The smallest absolute Gasteiger partial charge is 0.105 e. The van der Waals surface area contributed by atoms with Gasteiger partial charge < -0.3 is 0 Å². The summed E-state index contributed by atoms with van der Waals surface area (Å²) in [5.41, 5.74) is 2.90. The van der Waals surface area contributed by atoms with Crippen molar-refractivity contribution in [1.82, 2.24) is 15.0 Å². The molecule has 0 saturated heterocycles. The Labute approximate surface area is 87.3 Å². The Hall–Kier alpha value is -1.35. The first-order valence-corrected chi connectivity index (χ1v) is 4.86.